The molecule has 0 aliphatic heterocycles. The summed E-state index contributed by atoms with van der Waals surface area (Å²) in [6.07, 6.45) is 5.15. The largest absolute Gasteiger partial charge is 0.356 e. The first-order valence-electron chi connectivity index (χ1n) is 6.89. The molecular weight excluding hydrogens is 266 g/mol. The Balaban J connectivity index is 0.00000324. The number of hydrogen-bond donors (Lipinski definition) is 3. The van der Waals surface area contributed by atoms with Crippen LogP contribution in [-0.4, -0.2) is 31.4 Å². The number of rotatable bonds is 7. The Bertz CT molecular complexity index is 292. The molecule has 0 spiro atoms. The molecule has 1 saturated carbocycles. The summed E-state index contributed by atoms with van der Waals surface area (Å²) in [7, 11) is 0. The van der Waals surface area contributed by atoms with Gasteiger partial charge in [0.2, 0.25) is 11.8 Å². The standard InChI is InChI=1S/C13H25N3O2.ClH/c1-2-8-15-11(17)5-9-16-12(18)13(10-14)6-3-4-7-13;/h2-10,14H2,1H3,(H,15,17)(H,16,18);1H. The van der Waals surface area contributed by atoms with Gasteiger partial charge >= 0.3 is 0 Å². The number of nitrogens with two attached hydrogens (primary N) is 1. The van der Waals surface area contributed by atoms with Gasteiger partial charge in [0.1, 0.15) is 0 Å². The number of carbonyl (C=O) groups is 2. The molecule has 1 aliphatic rings. The van der Waals surface area contributed by atoms with Crippen LogP contribution in [0.3, 0.4) is 0 Å². The summed E-state index contributed by atoms with van der Waals surface area (Å²) in [6, 6.07) is 0. The SMILES string of the molecule is CCCNC(=O)CCNC(=O)C1(CN)CCCC1.Cl. The summed E-state index contributed by atoms with van der Waals surface area (Å²) < 4.78 is 0. The van der Waals surface area contributed by atoms with Crippen LogP contribution < -0.4 is 16.4 Å². The van der Waals surface area contributed by atoms with E-state index in [-0.39, 0.29) is 29.6 Å². The second kappa shape index (κ2) is 9.15. The molecule has 19 heavy (non-hydrogen) atoms. The fourth-order valence-electron chi connectivity index (χ4n) is 2.41. The monoisotopic (exact) mass is 291 g/mol. The Morgan fingerprint density at radius 3 is 2.32 bits per heavy atom. The molecule has 5 nitrogen and oxygen atoms in total. The van der Waals surface area contributed by atoms with E-state index in [1.165, 1.54) is 0 Å². The highest BCUT2D eigenvalue weighted by Crippen LogP contribution is 2.37. The number of halogens is 1. The van der Waals surface area contributed by atoms with Crippen LogP contribution in [0, 0.1) is 5.41 Å². The second-order valence-electron chi connectivity index (χ2n) is 5.05. The number of carbonyl (C=O) groups excluding carboxylic acids is 2. The van der Waals surface area contributed by atoms with E-state index in [0.717, 1.165) is 32.1 Å². The minimum absolute atomic E-state index is 0. The van der Waals surface area contributed by atoms with Crippen molar-refractivity contribution in [2.75, 3.05) is 19.6 Å². The van der Waals surface area contributed by atoms with Crippen LogP contribution in [0.15, 0.2) is 0 Å². The highest BCUT2D eigenvalue weighted by atomic mass is 35.5. The Kier molecular flexibility index (Phi) is 8.76. The van der Waals surface area contributed by atoms with Gasteiger partial charge in [-0.05, 0) is 19.3 Å². The van der Waals surface area contributed by atoms with Gasteiger partial charge in [0, 0.05) is 26.1 Å². The van der Waals surface area contributed by atoms with Gasteiger partial charge in [-0.3, -0.25) is 9.59 Å². The summed E-state index contributed by atoms with van der Waals surface area (Å²) in [6.45, 7) is 3.50. The van der Waals surface area contributed by atoms with E-state index in [1.54, 1.807) is 0 Å². The summed E-state index contributed by atoms with van der Waals surface area (Å²) in [5.74, 6) is 0.0103. The first-order chi connectivity index (χ1) is 8.64. The summed E-state index contributed by atoms with van der Waals surface area (Å²) in [4.78, 5) is 23.4. The zero-order chi connectivity index (χ0) is 13.4. The van der Waals surface area contributed by atoms with Crippen molar-refractivity contribution in [3.8, 4) is 0 Å². The number of hydrogen-bond acceptors (Lipinski definition) is 3. The fraction of sp³-hybridized carbons (Fsp3) is 0.846. The molecule has 0 aromatic heterocycles. The Morgan fingerprint density at radius 1 is 1.16 bits per heavy atom. The quantitative estimate of drug-likeness (QED) is 0.653. The molecule has 0 unspecified atom stereocenters. The zero-order valence-corrected chi connectivity index (χ0v) is 12.5. The number of nitrogens with one attached hydrogen (secondary N) is 2. The predicted molar refractivity (Wildman–Crippen MR) is 78.1 cm³/mol. The lowest BCUT2D eigenvalue weighted by atomic mass is 9.85. The molecule has 6 heteroatoms. The van der Waals surface area contributed by atoms with Crippen molar-refractivity contribution in [3.05, 3.63) is 0 Å². The Labute approximate surface area is 121 Å². The normalized spacial score (nSPS) is 16.5. The minimum atomic E-state index is -0.375. The maximum atomic E-state index is 12.1. The Morgan fingerprint density at radius 2 is 1.79 bits per heavy atom. The van der Waals surface area contributed by atoms with E-state index in [1.807, 2.05) is 6.92 Å². The van der Waals surface area contributed by atoms with E-state index in [2.05, 4.69) is 10.6 Å². The molecule has 0 heterocycles. The van der Waals surface area contributed by atoms with Crippen molar-refractivity contribution in [2.45, 2.75) is 45.4 Å². The van der Waals surface area contributed by atoms with E-state index >= 15 is 0 Å². The molecule has 1 rings (SSSR count). The molecule has 2 amide bonds. The van der Waals surface area contributed by atoms with E-state index in [4.69, 9.17) is 5.73 Å². The molecule has 112 valence electrons. The molecule has 0 aromatic carbocycles. The van der Waals surface area contributed by atoms with Crippen molar-refractivity contribution in [1.29, 1.82) is 0 Å². The van der Waals surface area contributed by atoms with E-state index < -0.39 is 0 Å². The summed E-state index contributed by atoms with van der Waals surface area (Å²) >= 11 is 0. The lowest BCUT2D eigenvalue weighted by Gasteiger charge is -2.25. The fourth-order valence-corrected chi connectivity index (χ4v) is 2.41. The van der Waals surface area contributed by atoms with Crippen LogP contribution in [-0.2, 0) is 9.59 Å². The van der Waals surface area contributed by atoms with Crippen molar-refractivity contribution in [3.63, 3.8) is 0 Å². The van der Waals surface area contributed by atoms with Gasteiger partial charge in [-0.2, -0.15) is 0 Å². The van der Waals surface area contributed by atoms with Gasteiger partial charge in [0.25, 0.3) is 0 Å². The van der Waals surface area contributed by atoms with Gasteiger partial charge in [-0.1, -0.05) is 19.8 Å². The maximum Gasteiger partial charge on any atom is 0.227 e. The van der Waals surface area contributed by atoms with Crippen molar-refractivity contribution in [2.24, 2.45) is 11.1 Å². The van der Waals surface area contributed by atoms with Crippen LogP contribution in [0.1, 0.15) is 45.4 Å². The lowest BCUT2D eigenvalue weighted by molar-refractivity contribution is -0.130. The molecule has 1 aliphatic carbocycles. The maximum absolute atomic E-state index is 12.1. The van der Waals surface area contributed by atoms with E-state index in [0.29, 0.717) is 26.1 Å². The topological polar surface area (TPSA) is 84.2 Å². The van der Waals surface area contributed by atoms with Gasteiger partial charge in [0.15, 0.2) is 0 Å². The lowest BCUT2D eigenvalue weighted by Crippen LogP contribution is -2.45. The van der Waals surface area contributed by atoms with Gasteiger partial charge in [0.05, 0.1) is 5.41 Å². The van der Waals surface area contributed by atoms with Crippen molar-refractivity contribution in [1.82, 2.24) is 10.6 Å². The number of amides is 2. The van der Waals surface area contributed by atoms with Gasteiger partial charge in [-0.15, -0.1) is 12.4 Å². The minimum Gasteiger partial charge on any atom is -0.356 e. The molecule has 1 fully saturated rings. The van der Waals surface area contributed by atoms with Crippen LogP contribution in [0.5, 0.6) is 0 Å². The smallest absolute Gasteiger partial charge is 0.227 e. The molecule has 4 N–H and O–H groups in total. The third-order valence-electron chi connectivity index (χ3n) is 3.64. The average molecular weight is 292 g/mol. The van der Waals surface area contributed by atoms with Crippen molar-refractivity contribution >= 4 is 24.2 Å². The molecule has 0 atom stereocenters. The first-order valence-corrected chi connectivity index (χ1v) is 6.89. The summed E-state index contributed by atoms with van der Waals surface area (Å²) in [5, 5.41) is 5.63. The van der Waals surface area contributed by atoms with Gasteiger partial charge < -0.3 is 16.4 Å². The third kappa shape index (κ3) is 5.37. The molecule has 0 radical (unpaired) electrons. The van der Waals surface area contributed by atoms with Crippen LogP contribution in [0.2, 0.25) is 0 Å². The highest BCUT2D eigenvalue weighted by molar-refractivity contribution is 5.85. The zero-order valence-electron chi connectivity index (χ0n) is 11.7. The Hall–Kier alpha value is -0.810. The summed E-state index contributed by atoms with van der Waals surface area (Å²) in [5.41, 5.74) is 5.35. The van der Waals surface area contributed by atoms with E-state index in [9.17, 15) is 9.59 Å². The molecule has 0 aromatic rings. The third-order valence-corrected chi connectivity index (χ3v) is 3.64. The predicted octanol–water partition coefficient (Wildman–Crippen LogP) is 0.960. The van der Waals surface area contributed by atoms with Crippen LogP contribution in [0.25, 0.3) is 0 Å². The second-order valence-corrected chi connectivity index (χ2v) is 5.05. The van der Waals surface area contributed by atoms with Crippen LogP contribution in [0.4, 0.5) is 0 Å². The highest BCUT2D eigenvalue weighted by Gasteiger charge is 2.39. The molecule has 0 saturated heterocycles. The van der Waals surface area contributed by atoms with Gasteiger partial charge in [-0.25, -0.2) is 0 Å². The van der Waals surface area contributed by atoms with Crippen molar-refractivity contribution < 1.29 is 9.59 Å². The molecule has 0 bridgehead atoms. The first kappa shape index (κ1) is 18.2. The van der Waals surface area contributed by atoms with Crippen LogP contribution >= 0.6 is 12.4 Å². The average Bonchev–Trinajstić information content (AvgIpc) is 2.86. The molecular formula is C13H26ClN3O2.